The number of benzene rings is 1. The van der Waals surface area contributed by atoms with Crippen molar-refractivity contribution in [1.29, 1.82) is 0 Å². The predicted molar refractivity (Wildman–Crippen MR) is 75.8 cm³/mol. The fraction of sp³-hybridized carbons (Fsp3) is 0.462. The maximum absolute atomic E-state index is 12.0. The van der Waals surface area contributed by atoms with Crippen LogP contribution in [0, 0.1) is 6.92 Å². The van der Waals surface area contributed by atoms with Gasteiger partial charge in [-0.3, -0.25) is 4.79 Å². The van der Waals surface area contributed by atoms with Gasteiger partial charge in [0, 0.05) is 36.8 Å². The van der Waals surface area contributed by atoms with Crippen LogP contribution in [0.25, 0.3) is 0 Å². The molecule has 0 aliphatic carbocycles. The maximum Gasteiger partial charge on any atom is 0.233 e. The van der Waals surface area contributed by atoms with Crippen LogP contribution in [-0.2, 0) is 4.79 Å². The third-order valence-corrected chi connectivity index (χ3v) is 4.06. The second-order valence-electron chi connectivity index (χ2n) is 4.46. The molecule has 1 amide bonds. The van der Waals surface area contributed by atoms with E-state index in [2.05, 4.69) is 5.32 Å². The van der Waals surface area contributed by atoms with E-state index in [0.717, 1.165) is 42.3 Å². The molecule has 4 nitrogen and oxygen atoms in total. The number of nitrogens with two attached hydrogens (primary N) is 1. The summed E-state index contributed by atoms with van der Waals surface area (Å²) >= 11 is 1.52. The molecule has 0 radical (unpaired) electrons. The normalized spacial score (nSPS) is 15.7. The topological polar surface area (TPSA) is 58.4 Å². The number of amides is 1. The predicted octanol–water partition coefficient (Wildman–Crippen LogP) is 1.10. The van der Waals surface area contributed by atoms with E-state index >= 15 is 0 Å². The third-order valence-electron chi connectivity index (χ3n) is 2.99. The lowest BCUT2D eigenvalue weighted by Crippen LogP contribution is -2.47. The number of piperazine rings is 1. The van der Waals surface area contributed by atoms with E-state index in [1.54, 1.807) is 0 Å². The van der Waals surface area contributed by atoms with Gasteiger partial charge in [-0.05, 0) is 24.6 Å². The Morgan fingerprint density at radius 1 is 1.44 bits per heavy atom. The van der Waals surface area contributed by atoms with Gasteiger partial charge in [0.1, 0.15) is 0 Å². The average molecular weight is 265 g/mol. The van der Waals surface area contributed by atoms with Gasteiger partial charge in [-0.2, -0.15) is 0 Å². The minimum atomic E-state index is 0.196. The molecule has 1 aliphatic heterocycles. The van der Waals surface area contributed by atoms with Gasteiger partial charge >= 0.3 is 0 Å². The van der Waals surface area contributed by atoms with Gasteiger partial charge in [-0.1, -0.05) is 6.07 Å². The quantitative estimate of drug-likeness (QED) is 0.635. The highest BCUT2D eigenvalue weighted by molar-refractivity contribution is 8.00. The Hall–Kier alpha value is -1.20. The zero-order valence-electron chi connectivity index (χ0n) is 10.6. The lowest BCUT2D eigenvalue weighted by molar-refractivity contribution is -0.128. The van der Waals surface area contributed by atoms with E-state index in [1.807, 2.05) is 30.0 Å². The van der Waals surface area contributed by atoms with Gasteiger partial charge in [-0.15, -0.1) is 11.8 Å². The molecule has 1 aromatic rings. The minimum absolute atomic E-state index is 0.196. The van der Waals surface area contributed by atoms with Gasteiger partial charge in [-0.25, -0.2) is 0 Å². The molecule has 1 heterocycles. The molecule has 1 aromatic carbocycles. The second-order valence-corrected chi connectivity index (χ2v) is 5.48. The first-order chi connectivity index (χ1) is 8.66. The molecule has 0 atom stereocenters. The van der Waals surface area contributed by atoms with Gasteiger partial charge in [0.25, 0.3) is 0 Å². The number of anilines is 1. The van der Waals surface area contributed by atoms with Crippen LogP contribution in [0.5, 0.6) is 0 Å². The number of thioether (sulfide) groups is 1. The Kier molecular flexibility index (Phi) is 4.49. The number of nitrogen functional groups attached to an aromatic ring is 1. The van der Waals surface area contributed by atoms with Crippen LogP contribution >= 0.6 is 11.8 Å². The van der Waals surface area contributed by atoms with Gasteiger partial charge in [0.05, 0.1) is 5.75 Å². The molecule has 0 saturated carbocycles. The van der Waals surface area contributed by atoms with E-state index in [1.165, 1.54) is 11.8 Å². The van der Waals surface area contributed by atoms with Gasteiger partial charge in [0.15, 0.2) is 0 Å². The van der Waals surface area contributed by atoms with Crippen molar-refractivity contribution in [2.45, 2.75) is 11.8 Å². The van der Waals surface area contributed by atoms with Crippen LogP contribution in [0.4, 0.5) is 5.69 Å². The van der Waals surface area contributed by atoms with Crippen LogP contribution in [0.15, 0.2) is 23.1 Å². The largest absolute Gasteiger partial charge is 0.398 e. The molecule has 1 fully saturated rings. The number of nitrogens with one attached hydrogen (secondary N) is 1. The maximum atomic E-state index is 12.0. The summed E-state index contributed by atoms with van der Waals surface area (Å²) in [6.07, 6.45) is 0. The average Bonchev–Trinajstić information content (AvgIpc) is 2.38. The zero-order chi connectivity index (χ0) is 13.0. The van der Waals surface area contributed by atoms with Crippen LogP contribution < -0.4 is 11.1 Å². The summed E-state index contributed by atoms with van der Waals surface area (Å²) in [4.78, 5) is 14.9. The SMILES string of the molecule is Cc1ccc(SCC(=O)N2CCNCC2)c(N)c1. The minimum Gasteiger partial charge on any atom is -0.398 e. The fourth-order valence-electron chi connectivity index (χ4n) is 1.94. The number of carbonyl (C=O) groups excluding carboxylic acids is 1. The smallest absolute Gasteiger partial charge is 0.233 e. The Balaban J connectivity index is 1.88. The highest BCUT2D eigenvalue weighted by Crippen LogP contribution is 2.25. The summed E-state index contributed by atoms with van der Waals surface area (Å²) < 4.78 is 0. The molecule has 0 spiro atoms. The van der Waals surface area contributed by atoms with Crippen LogP contribution in [0.1, 0.15) is 5.56 Å². The van der Waals surface area contributed by atoms with Crippen molar-refractivity contribution in [2.75, 3.05) is 37.7 Å². The number of nitrogens with zero attached hydrogens (tertiary/aromatic N) is 1. The molecule has 18 heavy (non-hydrogen) atoms. The standard InChI is InChI=1S/C13H19N3OS/c1-10-2-3-12(11(14)8-10)18-9-13(17)16-6-4-15-5-7-16/h2-3,8,15H,4-7,9,14H2,1H3. The van der Waals surface area contributed by atoms with Crippen molar-refractivity contribution in [2.24, 2.45) is 0 Å². The first kappa shape index (κ1) is 13.2. The summed E-state index contributed by atoms with van der Waals surface area (Å²) in [5, 5.41) is 3.24. The molecule has 0 bridgehead atoms. The number of hydrogen-bond acceptors (Lipinski definition) is 4. The number of carbonyl (C=O) groups is 1. The van der Waals surface area contributed by atoms with Crippen molar-refractivity contribution in [3.63, 3.8) is 0 Å². The molecule has 98 valence electrons. The molecule has 1 saturated heterocycles. The summed E-state index contributed by atoms with van der Waals surface area (Å²) in [5.41, 5.74) is 7.83. The lowest BCUT2D eigenvalue weighted by Gasteiger charge is -2.27. The van der Waals surface area contributed by atoms with Crippen LogP contribution in [0.2, 0.25) is 0 Å². The Morgan fingerprint density at radius 3 is 2.83 bits per heavy atom. The number of aryl methyl sites for hydroxylation is 1. The van der Waals surface area contributed by atoms with Crippen LogP contribution in [0.3, 0.4) is 0 Å². The Labute approximate surface area is 112 Å². The monoisotopic (exact) mass is 265 g/mol. The summed E-state index contributed by atoms with van der Waals surface area (Å²) in [7, 11) is 0. The van der Waals surface area contributed by atoms with Crippen molar-refractivity contribution >= 4 is 23.4 Å². The third kappa shape index (κ3) is 3.40. The van der Waals surface area contributed by atoms with Crippen LogP contribution in [-0.4, -0.2) is 42.7 Å². The van der Waals surface area contributed by atoms with Gasteiger partial charge < -0.3 is 16.0 Å². The van der Waals surface area contributed by atoms with Crippen molar-refractivity contribution < 1.29 is 4.79 Å². The first-order valence-corrected chi connectivity index (χ1v) is 7.13. The zero-order valence-corrected chi connectivity index (χ0v) is 11.4. The van der Waals surface area contributed by atoms with Gasteiger partial charge in [0.2, 0.25) is 5.91 Å². The number of hydrogen-bond donors (Lipinski definition) is 2. The molecule has 5 heteroatoms. The molecule has 0 aromatic heterocycles. The molecular weight excluding hydrogens is 246 g/mol. The summed E-state index contributed by atoms with van der Waals surface area (Å²) in [6.45, 7) is 5.41. The summed E-state index contributed by atoms with van der Waals surface area (Å²) in [6, 6.07) is 5.95. The molecular formula is C13H19N3OS. The second kappa shape index (κ2) is 6.11. The van der Waals surface area contributed by atoms with E-state index in [-0.39, 0.29) is 5.91 Å². The first-order valence-electron chi connectivity index (χ1n) is 6.14. The highest BCUT2D eigenvalue weighted by Gasteiger charge is 2.16. The van der Waals surface area contributed by atoms with E-state index in [9.17, 15) is 4.79 Å². The summed E-state index contributed by atoms with van der Waals surface area (Å²) in [5.74, 6) is 0.661. The van der Waals surface area contributed by atoms with E-state index in [0.29, 0.717) is 5.75 Å². The van der Waals surface area contributed by atoms with Crippen molar-refractivity contribution in [3.8, 4) is 0 Å². The molecule has 0 unspecified atom stereocenters. The Morgan fingerprint density at radius 2 is 2.17 bits per heavy atom. The molecule has 2 rings (SSSR count). The Bertz CT molecular complexity index is 430. The van der Waals surface area contributed by atoms with Crippen molar-refractivity contribution in [3.05, 3.63) is 23.8 Å². The molecule has 3 N–H and O–H groups in total. The fourth-order valence-corrected chi connectivity index (χ4v) is 2.80. The van der Waals surface area contributed by atoms with E-state index < -0.39 is 0 Å². The number of rotatable bonds is 3. The van der Waals surface area contributed by atoms with Crippen molar-refractivity contribution in [1.82, 2.24) is 10.2 Å². The molecule has 1 aliphatic rings. The van der Waals surface area contributed by atoms with E-state index in [4.69, 9.17) is 5.73 Å². The lowest BCUT2D eigenvalue weighted by atomic mass is 10.2. The highest BCUT2D eigenvalue weighted by atomic mass is 32.2.